The third-order valence-electron chi connectivity index (χ3n) is 3.65. The first-order chi connectivity index (χ1) is 9.34. The van der Waals surface area contributed by atoms with E-state index >= 15 is 0 Å². The van der Waals surface area contributed by atoms with Crippen LogP contribution in [0, 0.1) is 0 Å². The largest absolute Gasteiger partial charge is 0.381 e. The van der Waals surface area contributed by atoms with E-state index in [4.69, 9.17) is 4.74 Å². The molecule has 2 heterocycles. The van der Waals surface area contributed by atoms with Crippen molar-refractivity contribution in [1.29, 1.82) is 0 Å². The molecule has 0 spiro atoms. The number of carbonyl (C=O) groups excluding carboxylic acids is 1. The molecule has 0 radical (unpaired) electrons. The smallest absolute Gasteiger partial charge is 0.193 e. The van der Waals surface area contributed by atoms with Gasteiger partial charge in [-0.2, -0.15) is 11.3 Å². The van der Waals surface area contributed by atoms with Gasteiger partial charge >= 0.3 is 0 Å². The van der Waals surface area contributed by atoms with Crippen LogP contribution < -0.4 is 0 Å². The Morgan fingerprint density at radius 3 is 2.42 bits per heavy atom. The molecular weight excluding hydrogens is 256 g/mol. The summed E-state index contributed by atoms with van der Waals surface area (Å²) in [7, 11) is 0. The second kappa shape index (κ2) is 5.68. The van der Waals surface area contributed by atoms with Crippen LogP contribution in [-0.4, -0.2) is 19.0 Å². The first-order valence-corrected chi connectivity index (χ1v) is 7.53. The molecule has 98 valence electrons. The zero-order valence-electron chi connectivity index (χ0n) is 10.7. The summed E-state index contributed by atoms with van der Waals surface area (Å²) < 4.78 is 5.38. The predicted octanol–water partition coefficient (Wildman–Crippen LogP) is 3.87. The highest BCUT2D eigenvalue weighted by molar-refractivity contribution is 7.08. The summed E-state index contributed by atoms with van der Waals surface area (Å²) in [6.07, 6.45) is 2.16. The highest BCUT2D eigenvalue weighted by Crippen LogP contribution is 2.27. The number of ether oxygens (including phenoxy) is 1. The first kappa shape index (κ1) is 12.6. The number of benzene rings is 1. The SMILES string of the molecule is O=C(c1ccc(C2CCOCC2)cc1)c1ccsc1. The molecular formula is C16H16O2S. The van der Waals surface area contributed by atoms with Crippen LogP contribution in [0.5, 0.6) is 0 Å². The van der Waals surface area contributed by atoms with Crippen molar-refractivity contribution in [3.05, 3.63) is 57.8 Å². The molecule has 1 aromatic carbocycles. The van der Waals surface area contributed by atoms with Crippen molar-refractivity contribution >= 4 is 17.1 Å². The summed E-state index contributed by atoms with van der Waals surface area (Å²) in [5.41, 5.74) is 2.88. The van der Waals surface area contributed by atoms with Crippen molar-refractivity contribution in [2.24, 2.45) is 0 Å². The van der Waals surface area contributed by atoms with Gasteiger partial charge in [-0.05, 0) is 35.8 Å². The number of hydrogen-bond donors (Lipinski definition) is 0. The van der Waals surface area contributed by atoms with Crippen molar-refractivity contribution in [2.45, 2.75) is 18.8 Å². The predicted molar refractivity (Wildman–Crippen MR) is 77.0 cm³/mol. The van der Waals surface area contributed by atoms with Crippen LogP contribution in [0.4, 0.5) is 0 Å². The van der Waals surface area contributed by atoms with E-state index in [9.17, 15) is 4.79 Å². The van der Waals surface area contributed by atoms with Gasteiger partial charge in [0.1, 0.15) is 0 Å². The van der Waals surface area contributed by atoms with Gasteiger partial charge < -0.3 is 4.74 Å². The van der Waals surface area contributed by atoms with Crippen LogP contribution in [0.2, 0.25) is 0 Å². The Kier molecular flexibility index (Phi) is 3.76. The van der Waals surface area contributed by atoms with E-state index < -0.39 is 0 Å². The van der Waals surface area contributed by atoms with Crippen LogP contribution in [-0.2, 0) is 4.74 Å². The fourth-order valence-electron chi connectivity index (χ4n) is 2.50. The fraction of sp³-hybridized carbons (Fsp3) is 0.312. The van der Waals surface area contributed by atoms with E-state index in [1.54, 1.807) is 11.3 Å². The van der Waals surface area contributed by atoms with Gasteiger partial charge in [-0.15, -0.1) is 0 Å². The van der Waals surface area contributed by atoms with Gasteiger partial charge in [-0.3, -0.25) is 4.79 Å². The quantitative estimate of drug-likeness (QED) is 0.793. The Hall–Kier alpha value is -1.45. The molecule has 0 atom stereocenters. The van der Waals surface area contributed by atoms with Crippen molar-refractivity contribution in [3.8, 4) is 0 Å². The Balaban J connectivity index is 1.77. The number of carbonyl (C=O) groups is 1. The molecule has 1 saturated heterocycles. The Morgan fingerprint density at radius 2 is 1.79 bits per heavy atom. The third kappa shape index (κ3) is 2.77. The highest BCUT2D eigenvalue weighted by Gasteiger charge is 2.16. The van der Waals surface area contributed by atoms with E-state index in [1.165, 1.54) is 5.56 Å². The molecule has 3 heteroatoms. The third-order valence-corrected chi connectivity index (χ3v) is 4.33. The van der Waals surface area contributed by atoms with Crippen LogP contribution in [0.15, 0.2) is 41.1 Å². The minimum absolute atomic E-state index is 0.111. The van der Waals surface area contributed by atoms with Crippen molar-refractivity contribution in [3.63, 3.8) is 0 Å². The van der Waals surface area contributed by atoms with Gasteiger partial charge in [0.05, 0.1) is 0 Å². The van der Waals surface area contributed by atoms with Crippen LogP contribution in [0.3, 0.4) is 0 Å². The first-order valence-electron chi connectivity index (χ1n) is 6.59. The summed E-state index contributed by atoms with van der Waals surface area (Å²) in [5, 5.41) is 3.83. The van der Waals surface area contributed by atoms with Gasteiger partial charge in [0.25, 0.3) is 0 Å². The van der Waals surface area contributed by atoms with E-state index in [-0.39, 0.29) is 5.78 Å². The van der Waals surface area contributed by atoms with E-state index in [2.05, 4.69) is 12.1 Å². The molecule has 1 aliphatic rings. The van der Waals surface area contributed by atoms with Gasteiger partial charge in [0, 0.05) is 29.7 Å². The second-order valence-electron chi connectivity index (χ2n) is 4.85. The summed E-state index contributed by atoms with van der Waals surface area (Å²) >= 11 is 1.55. The zero-order valence-corrected chi connectivity index (χ0v) is 11.5. The molecule has 2 nitrogen and oxygen atoms in total. The molecule has 0 N–H and O–H groups in total. The molecule has 2 aromatic rings. The molecule has 1 fully saturated rings. The molecule has 0 bridgehead atoms. The van der Waals surface area contributed by atoms with Crippen molar-refractivity contribution in [1.82, 2.24) is 0 Å². The molecule has 1 aliphatic heterocycles. The molecule has 3 rings (SSSR count). The second-order valence-corrected chi connectivity index (χ2v) is 5.63. The zero-order chi connectivity index (χ0) is 13.1. The van der Waals surface area contributed by atoms with Crippen LogP contribution >= 0.6 is 11.3 Å². The Bertz CT molecular complexity index is 537. The fourth-order valence-corrected chi connectivity index (χ4v) is 3.13. The highest BCUT2D eigenvalue weighted by atomic mass is 32.1. The summed E-state index contributed by atoms with van der Waals surface area (Å²) in [6, 6.07) is 9.96. The lowest BCUT2D eigenvalue weighted by molar-refractivity contribution is 0.0853. The topological polar surface area (TPSA) is 26.3 Å². The van der Waals surface area contributed by atoms with Gasteiger partial charge in [0.15, 0.2) is 5.78 Å². The molecule has 1 aromatic heterocycles. The number of thiophene rings is 1. The van der Waals surface area contributed by atoms with Crippen molar-refractivity contribution in [2.75, 3.05) is 13.2 Å². The summed E-state index contributed by atoms with van der Waals surface area (Å²) in [4.78, 5) is 12.2. The number of rotatable bonds is 3. The van der Waals surface area contributed by atoms with E-state index in [0.29, 0.717) is 5.92 Å². The standard InChI is InChI=1S/C16H16O2S/c17-16(15-7-10-19-11-15)14-3-1-12(2-4-14)13-5-8-18-9-6-13/h1-4,7,10-11,13H,5-6,8-9H2. The lowest BCUT2D eigenvalue weighted by Gasteiger charge is -2.22. The average Bonchev–Trinajstić information content (AvgIpc) is 3.02. The number of ketones is 1. The lowest BCUT2D eigenvalue weighted by Crippen LogP contribution is -2.14. The summed E-state index contributed by atoms with van der Waals surface area (Å²) in [5.74, 6) is 0.693. The monoisotopic (exact) mass is 272 g/mol. The number of hydrogen-bond acceptors (Lipinski definition) is 3. The van der Waals surface area contributed by atoms with Gasteiger partial charge in [0.2, 0.25) is 0 Å². The van der Waals surface area contributed by atoms with Crippen LogP contribution in [0.1, 0.15) is 40.2 Å². The molecule has 0 saturated carbocycles. The average molecular weight is 272 g/mol. The van der Waals surface area contributed by atoms with E-state index in [1.807, 2.05) is 29.0 Å². The maximum absolute atomic E-state index is 12.2. The molecule has 19 heavy (non-hydrogen) atoms. The molecule has 0 amide bonds. The Labute approximate surface area is 117 Å². The van der Waals surface area contributed by atoms with Crippen molar-refractivity contribution < 1.29 is 9.53 Å². The Morgan fingerprint density at radius 1 is 1.05 bits per heavy atom. The van der Waals surface area contributed by atoms with Gasteiger partial charge in [-0.1, -0.05) is 24.3 Å². The molecule has 0 unspecified atom stereocenters. The van der Waals surface area contributed by atoms with Gasteiger partial charge in [-0.25, -0.2) is 0 Å². The maximum Gasteiger partial charge on any atom is 0.193 e. The lowest BCUT2D eigenvalue weighted by atomic mass is 9.90. The maximum atomic E-state index is 12.2. The minimum Gasteiger partial charge on any atom is -0.381 e. The minimum atomic E-state index is 0.111. The summed E-state index contributed by atoms with van der Waals surface area (Å²) in [6.45, 7) is 1.69. The van der Waals surface area contributed by atoms with Crippen LogP contribution in [0.25, 0.3) is 0 Å². The normalized spacial score (nSPS) is 16.4. The molecule has 0 aliphatic carbocycles. The van der Waals surface area contributed by atoms with E-state index in [0.717, 1.165) is 37.2 Å².